The Balaban J connectivity index is 1.72. The lowest BCUT2D eigenvalue weighted by atomic mass is 10.2. The number of carbonyl (C=O) groups is 2. The molecule has 3 aromatic heterocycles. The molecule has 0 radical (unpaired) electrons. The number of thiophene rings is 1. The van der Waals surface area contributed by atoms with Crippen LogP contribution in [0.15, 0.2) is 28.6 Å². The van der Waals surface area contributed by atoms with Crippen LogP contribution in [0.3, 0.4) is 0 Å². The fourth-order valence-electron chi connectivity index (χ4n) is 3.02. The van der Waals surface area contributed by atoms with Gasteiger partial charge in [-0.2, -0.15) is 5.10 Å². The highest BCUT2D eigenvalue weighted by Crippen LogP contribution is 2.33. The fraction of sp³-hybridized carbons (Fsp3) is 0.350. The number of methoxy groups -OCH3 is 1. The summed E-state index contributed by atoms with van der Waals surface area (Å²) in [6.07, 6.45) is 4.36. The van der Waals surface area contributed by atoms with Gasteiger partial charge in [-0.25, -0.2) is 9.67 Å². The monoisotopic (exact) mass is 445 g/mol. The number of carbonyl (C=O) groups excluding carboxylic acids is 2. The average Bonchev–Trinajstić information content (AvgIpc) is 3.54. The van der Waals surface area contributed by atoms with Gasteiger partial charge in [0.2, 0.25) is 5.91 Å². The zero-order chi connectivity index (χ0) is 24.5. The molecule has 3 aromatic rings. The van der Waals surface area contributed by atoms with Crippen LogP contribution in [0.25, 0.3) is 10.1 Å². The average molecular weight is 446 g/mol. The zero-order valence-corrected chi connectivity index (χ0v) is 17.4. The van der Waals surface area contributed by atoms with E-state index in [9.17, 15) is 14.4 Å². The predicted molar refractivity (Wildman–Crippen MR) is 118 cm³/mol. The Morgan fingerprint density at radius 2 is 2.19 bits per heavy atom. The number of anilines is 3. The summed E-state index contributed by atoms with van der Waals surface area (Å²) in [7, 11) is 1.52. The minimum absolute atomic E-state index is 0.0596. The molecule has 1 saturated carbocycles. The van der Waals surface area contributed by atoms with Crippen LogP contribution in [0.4, 0.5) is 17.2 Å². The van der Waals surface area contributed by atoms with Crippen molar-refractivity contribution in [3.05, 3.63) is 39.8 Å². The number of hydrogen-bond donors (Lipinski definition) is 3. The Morgan fingerprint density at radius 1 is 1.35 bits per heavy atom. The lowest BCUT2D eigenvalue weighted by Crippen LogP contribution is -2.24. The third kappa shape index (κ3) is 4.42. The van der Waals surface area contributed by atoms with Crippen molar-refractivity contribution < 1.29 is 18.4 Å². The third-order valence-corrected chi connectivity index (χ3v) is 5.74. The normalized spacial score (nSPS) is 15.1. The van der Waals surface area contributed by atoms with Crippen molar-refractivity contribution in [1.29, 1.82) is 0 Å². The molecular formula is C20H22N6O4S. The molecule has 1 aliphatic rings. The molecule has 11 heteroatoms. The van der Waals surface area contributed by atoms with E-state index < -0.39 is 12.9 Å². The van der Waals surface area contributed by atoms with Gasteiger partial charge in [-0.05, 0) is 12.8 Å². The van der Waals surface area contributed by atoms with Crippen LogP contribution in [0, 0.1) is 5.92 Å². The van der Waals surface area contributed by atoms with Gasteiger partial charge in [0.05, 0.1) is 46.4 Å². The molecule has 0 saturated heterocycles. The summed E-state index contributed by atoms with van der Waals surface area (Å²) in [6.45, 7) is -2.14. The number of amides is 2. The van der Waals surface area contributed by atoms with Gasteiger partial charge in [-0.15, -0.1) is 11.3 Å². The van der Waals surface area contributed by atoms with Crippen molar-refractivity contribution in [3.8, 4) is 0 Å². The maximum atomic E-state index is 13.0. The highest BCUT2D eigenvalue weighted by molar-refractivity contribution is 7.17. The minimum atomic E-state index is -2.71. The van der Waals surface area contributed by atoms with E-state index in [0.717, 1.165) is 12.8 Å². The molecule has 0 spiro atoms. The van der Waals surface area contributed by atoms with Crippen LogP contribution in [0.5, 0.6) is 0 Å². The summed E-state index contributed by atoms with van der Waals surface area (Å²) in [5.74, 6) is -0.917. The van der Waals surface area contributed by atoms with Gasteiger partial charge in [0.25, 0.3) is 11.5 Å². The largest absolute Gasteiger partial charge is 0.383 e. The number of nitrogens with zero attached hydrogens (tertiary/aromatic N) is 3. The van der Waals surface area contributed by atoms with E-state index in [1.54, 1.807) is 11.6 Å². The van der Waals surface area contributed by atoms with Gasteiger partial charge in [0.15, 0.2) is 0 Å². The number of nitrogens with one attached hydrogen (secondary N) is 3. The smallest absolute Gasteiger partial charge is 0.277 e. The van der Waals surface area contributed by atoms with Crippen molar-refractivity contribution >= 4 is 50.4 Å². The SMILES string of the molecule is [2H]C([2H])([2H])NC(=O)c1cnc(NC(=O)C2CC2)cc1Nc1csc2cnn(CCOC)c(=O)c12. The number of aromatic nitrogens is 3. The Kier molecular flexibility index (Phi) is 4.94. The second kappa shape index (κ2) is 8.82. The van der Waals surface area contributed by atoms with Gasteiger partial charge in [-0.1, -0.05) is 0 Å². The van der Waals surface area contributed by atoms with Crippen LogP contribution in [-0.2, 0) is 16.1 Å². The molecule has 0 bridgehead atoms. The lowest BCUT2D eigenvalue weighted by Gasteiger charge is -2.13. The van der Waals surface area contributed by atoms with Crippen LogP contribution in [0.1, 0.15) is 27.3 Å². The molecule has 4 rings (SSSR count). The van der Waals surface area contributed by atoms with Crippen molar-refractivity contribution in [2.75, 3.05) is 31.3 Å². The van der Waals surface area contributed by atoms with Gasteiger partial charge >= 0.3 is 0 Å². The first kappa shape index (κ1) is 17.4. The number of ether oxygens (including phenoxy) is 1. The van der Waals surface area contributed by atoms with Gasteiger partial charge < -0.3 is 20.7 Å². The highest BCUT2D eigenvalue weighted by atomic mass is 32.1. The molecule has 3 N–H and O–H groups in total. The molecule has 0 atom stereocenters. The first-order valence-corrected chi connectivity index (χ1v) is 10.4. The van der Waals surface area contributed by atoms with Gasteiger partial charge in [-0.3, -0.25) is 14.4 Å². The molecule has 3 heterocycles. The topological polar surface area (TPSA) is 127 Å². The first-order valence-electron chi connectivity index (χ1n) is 11.0. The highest BCUT2D eigenvalue weighted by Gasteiger charge is 2.30. The molecule has 0 unspecified atom stereocenters. The third-order valence-electron chi connectivity index (χ3n) is 4.82. The van der Waals surface area contributed by atoms with Crippen molar-refractivity contribution in [2.24, 2.45) is 5.92 Å². The van der Waals surface area contributed by atoms with Crippen molar-refractivity contribution in [2.45, 2.75) is 19.4 Å². The first-order chi connectivity index (χ1) is 16.2. The van der Waals surface area contributed by atoms with Gasteiger partial charge in [0.1, 0.15) is 5.82 Å². The van der Waals surface area contributed by atoms with Crippen LogP contribution >= 0.6 is 11.3 Å². The molecule has 2 amide bonds. The molecule has 1 aliphatic carbocycles. The maximum absolute atomic E-state index is 13.0. The molecule has 0 aromatic carbocycles. The Morgan fingerprint density at radius 3 is 2.94 bits per heavy atom. The zero-order valence-electron chi connectivity index (χ0n) is 19.6. The second-order valence-electron chi connectivity index (χ2n) is 7.01. The van der Waals surface area contributed by atoms with E-state index in [-0.39, 0.29) is 41.0 Å². The summed E-state index contributed by atoms with van der Waals surface area (Å²) in [5, 5.41) is 13.9. The van der Waals surface area contributed by atoms with E-state index >= 15 is 0 Å². The van der Waals surface area contributed by atoms with E-state index in [1.807, 2.05) is 5.32 Å². The van der Waals surface area contributed by atoms with Gasteiger partial charge in [0, 0.05) is 41.8 Å². The number of rotatable bonds is 8. The Labute approximate surface area is 185 Å². The van der Waals surface area contributed by atoms with E-state index in [4.69, 9.17) is 8.85 Å². The molecule has 10 nitrogen and oxygen atoms in total. The van der Waals surface area contributed by atoms with Crippen LogP contribution in [0.2, 0.25) is 0 Å². The van der Waals surface area contributed by atoms with Crippen molar-refractivity contribution in [1.82, 2.24) is 20.1 Å². The number of pyridine rings is 1. The summed E-state index contributed by atoms with van der Waals surface area (Å²) >= 11 is 1.29. The van der Waals surface area contributed by atoms with Crippen molar-refractivity contribution in [3.63, 3.8) is 0 Å². The van der Waals surface area contributed by atoms with Crippen LogP contribution < -0.4 is 21.5 Å². The Bertz CT molecular complexity index is 1300. The van der Waals surface area contributed by atoms with E-state index in [0.29, 0.717) is 22.4 Å². The lowest BCUT2D eigenvalue weighted by molar-refractivity contribution is -0.117. The minimum Gasteiger partial charge on any atom is -0.383 e. The summed E-state index contributed by atoms with van der Waals surface area (Å²) in [4.78, 5) is 41.9. The van der Waals surface area contributed by atoms with E-state index in [2.05, 4.69) is 20.7 Å². The van der Waals surface area contributed by atoms with E-state index in [1.165, 1.54) is 35.4 Å². The standard InChI is InChI=1S/C20H22N6O4S/c1-21-19(28)12-8-22-16(25-18(27)11-3-4-11)7-13(12)24-14-10-31-15-9-23-26(5-6-30-2)20(29)17(14)15/h7-11H,3-6H2,1-2H3,(H,21,28)(H2,22,24,25,27)/i1D3. The molecule has 0 aliphatic heterocycles. The summed E-state index contributed by atoms with van der Waals surface area (Å²) in [5.41, 5.74) is 0.186. The summed E-state index contributed by atoms with van der Waals surface area (Å²) in [6, 6.07) is 1.43. The van der Waals surface area contributed by atoms with Crippen LogP contribution in [-0.4, -0.2) is 47.3 Å². The molecular weight excluding hydrogens is 420 g/mol. The molecule has 31 heavy (non-hydrogen) atoms. The quantitative estimate of drug-likeness (QED) is 0.484. The summed E-state index contributed by atoms with van der Waals surface area (Å²) < 4.78 is 28.9. The molecule has 162 valence electrons. The predicted octanol–water partition coefficient (Wildman–Crippen LogP) is 1.95. The fourth-order valence-corrected chi connectivity index (χ4v) is 3.86. The Hall–Kier alpha value is -3.31. The number of fused-ring (bicyclic) bond motifs is 1. The maximum Gasteiger partial charge on any atom is 0.277 e. The number of hydrogen-bond acceptors (Lipinski definition) is 8. The molecule has 1 fully saturated rings. The second-order valence-corrected chi connectivity index (χ2v) is 7.92.